The van der Waals surface area contributed by atoms with Gasteiger partial charge >= 0.3 is 0 Å². The summed E-state index contributed by atoms with van der Waals surface area (Å²) in [5, 5.41) is 2.99. The second-order valence-corrected chi connectivity index (χ2v) is 9.36. The van der Waals surface area contributed by atoms with Crippen LogP contribution in [0.3, 0.4) is 0 Å². The van der Waals surface area contributed by atoms with Gasteiger partial charge in [-0.3, -0.25) is 4.98 Å². The lowest BCUT2D eigenvalue weighted by Gasteiger charge is -2.09. The quantitative estimate of drug-likeness (QED) is 0.222. The molecule has 0 fully saturated rings. The number of pyridine rings is 2. The largest absolute Gasteiger partial charge is 0.487 e. The molecule has 0 spiro atoms. The van der Waals surface area contributed by atoms with Gasteiger partial charge in [0.1, 0.15) is 12.4 Å². The molecule has 4 nitrogen and oxygen atoms in total. The van der Waals surface area contributed by atoms with Gasteiger partial charge in [-0.15, -0.1) is 0 Å². The standard InChI is InChI=1S/C32H24ClN3O/c33-27-12-8-24(9-13-27)20-36-21-26(10-7-23-4-3-17-34-19-23)30-18-29(15-16-32(30)36)37-22-28-14-11-25-5-1-2-6-31(25)35-28/h1-19,21H,20,22H2/b10-7+. The van der Waals surface area contributed by atoms with E-state index in [0.717, 1.165) is 55.9 Å². The molecule has 0 aliphatic rings. The van der Waals surface area contributed by atoms with Crippen LogP contribution in [0.1, 0.15) is 22.4 Å². The number of hydrogen-bond donors (Lipinski definition) is 0. The highest BCUT2D eigenvalue weighted by atomic mass is 35.5. The number of ether oxygens (including phenoxy) is 1. The van der Waals surface area contributed by atoms with E-state index in [0.29, 0.717) is 6.61 Å². The second kappa shape index (κ2) is 10.3. The fourth-order valence-electron chi connectivity index (χ4n) is 4.45. The van der Waals surface area contributed by atoms with Gasteiger partial charge in [-0.05, 0) is 59.7 Å². The molecular weight excluding hydrogens is 478 g/mol. The Morgan fingerprint density at radius 3 is 2.62 bits per heavy atom. The normalized spacial score (nSPS) is 11.5. The van der Waals surface area contributed by atoms with E-state index in [1.165, 1.54) is 5.56 Å². The molecule has 0 bridgehead atoms. The van der Waals surface area contributed by atoms with Crippen LogP contribution in [0, 0.1) is 0 Å². The van der Waals surface area contributed by atoms with E-state index in [-0.39, 0.29) is 0 Å². The highest BCUT2D eigenvalue weighted by Crippen LogP contribution is 2.29. The van der Waals surface area contributed by atoms with Gasteiger partial charge in [-0.25, -0.2) is 4.98 Å². The van der Waals surface area contributed by atoms with Crippen molar-refractivity contribution in [3.05, 3.63) is 137 Å². The summed E-state index contributed by atoms with van der Waals surface area (Å²) in [5.41, 5.74) is 6.36. The summed E-state index contributed by atoms with van der Waals surface area (Å²) >= 11 is 6.09. The molecule has 0 amide bonds. The van der Waals surface area contributed by atoms with E-state index in [2.05, 4.69) is 64.3 Å². The maximum Gasteiger partial charge on any atom is 0.130 e. The van der Waals surface area contributed by atoms with Crippen LogP contribution in [-0.4, -0.2) is 14.5 Å². The minimum absolute atomic E-state index is 0.405. The molecule has 0 aliphatic carbocycles. The SMILES string of the molecule is Clc1ccc(Cn2cc(/C=C/c3cccnc3)c3cc(OCc4ccc5ccccc5n4)ccc32)cc1. The van der Waals surface area contributed by atoms with E-state index in [1.54, 1.807) is 6.20 Å². The summed E-state index contributed by atoms with van der Waals surface area (Å²) in [4.78, 5) is 8.96. The Labute approximate surface area is 220 Å². The van der Waals surface area contributed by atoms with Crippen molar-refractivity contribution < 1.29 is 4.74 Å². The Balaban J connectivity index is 1.31. The first-order valence-electron chi connectivity index (χ1n) is 12.1. The molecule has 6 aromatic rings. The third-order valence-corrected chi connectivity index (χ3v) is 6.58. The summed E-state index contributed by atoms with van der Waals surface area (Å²) in [5.74, 6) is 0.808. The van der Waals surface area contributed by atoms with E-state index < -0.39 is 0 Å². The smallest absolute Gasteiger partial charge is 0.130 e. The van der Waals surface area contributed by atoms with Gasteiger partial charge in [0.15, 0.2) is 0 Å². The molecule has 0 saturated carbocycles. The van der Waals surface area contributed by atoms with Gasteiger partial charge in [0, 0.05) is 52.0 Å². The zero-order valence-corrected chi connectivity index (χ0v) is 20.8. The zero-order chi connectivity index (χ0) is 25.0. The van der Waals surface area contributed by atoms with Crippen LogP contribution in [0.2, 0.25) is 5.02 Å². The van der Waals surface area contributed by atoms with Crippen molar-refractivity contribution >= 4 is 45.6 Å². The number of nitrogens with zero attached hydrogens (tertiary/aromatic N) is 3. The summed E-state index contributed by atoms with van der Waals surface area (Å²) in [7, 11) is 0. The minimum atomic E-state index is 0.405. The highest BCUT2D eigenvalue weighted by molar-refractivity contribution is 6.30. The van der Waals surface area contributed by atoms with Crippen molar-refractivity contribution in [2.45, 2.75) is 13.2 Å². The molecule has 0 atom stereocenters. The van der Waals surface area contributed by atoms with Crippen molar-refractivity contribution in [3.63, 3.8) is 0 Å². The maximum absolute atomic E-state index is 6.19. The minimum Gasteiger partial charge on any atom is -0.487 e. The second-order valence-electron chi connectivity index (χ2n) is 8.92. The summed E-state index contributed by atoms with van der Waals surface area (Å²) in [6, 6.07) is 30.4. The summed E-state index contributed by atoms with van der Waals surface area (Å²) in [6.45, 7) is 1.15. The Morgan fingerprint density at radius 1 is 0.865 bits per heavy atom. The molecule has 3 aromatic heterocycles. The Hall–Kier alpha value is -4.41. The van der Waals surface area contributed by atoms with Crippen molar-refractivity contribution in [1.82, 2.24) is 14.5 Å². The fourth-order valence-corrected chi connectivity index (χ4v) is 4.58. The van der Waals surface area contributed by atoms with Crippen molar-refractivity contribution in [2.24, 2.45) is 0 Å². The molecule has 180 valence electrons. The van der Waals surface area contributed by atoms with Gasteiger partial charge in [0.25, 0.3) is 0 Å². The molecule has 0 N–H and O–H groups in total. The average Bonchev–Trinajstić information content (AvgIpc) is 3.28. The Bertz CT molecular complexity index is 1710. The van der Waals surface area contributed by atoms with Crippen LogP contribution < -0.4 is 4.74 Å². The first-order valence-corrected chi connectivity index (χ1v) is 12.5. The number of rotatable bonds is 7. The van der Waals surface area contributed by atoms with E-state index in [4.69, 9.17) is 21.3 Å². The zero-order valence-electron chi connectivity index (χ0n) is 20.1. The first kappa shape index (κ1) is 23.0. The molecule has 5 heteroatoms. The average molecular weight is 502 g/mol. The summed E-state index contributed by atoms with van der Waals surface area (Å²) in [6.07, 6.45) is 10.0. The molecule has 6 rings (SSSR count). The monoisotopic (exact) mass is 501 g/mol. The topological polar surface area (TPSA) is 39.9 Å². The highest BCUT2D eigenvalue weighted by Gasteiger charge is 2.10. The maximum atomic E-state index is 6.19. The lowest BCUT2D eigenvalue weighted by molar-refractivity contribution is 0.302. The first-order chi connectivity index (χ1) is 18.2. The predicted octanol–water partition coefficient (Wildman–Crippen LogP) is 8.04. The third-order valence-electron chi connectivity index (χ3n) is 6.33. The van der Waals surface area contributed by atoms with Crippen LogP contribution in [0.4, 0.5) is 0 Å². The van der Waals surface area contributed by atoms with Gasteiger partial charge in [0.2, 0.25) is 0 Å². The van der Waals surface area contributed by atoms with Gasteiger partial charge < -0.3 is 9.30 Å². The number of para-hydroxylation sites is 1. The molecule has 0 aliphatic heterocycles. The van der Waals surface area contributed by atoms with Crippen LogP contribution in [-0.2, 0) is 13.2 Å². The number of halogens is 1. The van der Waals surface area contributed by atoms with Gasteiger partial charge in [0.05, 0.1) is 11.2 Å². The predicted molar refractivity (Wildman–Crippen MR) is 152 cm³/mol. The van der Waals surface area contributed by atoms with E-state index >= 15 is 0 Å². The van der Waals surface area contributed by atoms with Crippen molar-refractivity contribution in [3.8, 4) is 5.75 Å². The molecule has 0 unspecified atom stereocenters. The number of benzene rings is 3. The van der Waals surface area contributed by atoms with E-state index in [1.807, 2.05) is 60.8 Å². The van der Waals surface area contributed by atoms with Gasteiger partial charge in [-0.2, -0.15) is 0 Å². The lowest BCUT2D eigenvalue weighted by Crippen LogP contribution is -1.99. The lowest BCUT2D eigenvalue weighted by atomic mass is 10.1. The Morgan fingerprint density at radius 2 is 1.76 bits per heavy atom. The molecular formula is C32H24ClN3O. The van der Waals surface area contributed by atoms with Crippen LogP contribution in [0.5, 0.6) is 5.75 Å². The number of hydrogen-bond acceptors (Lipinski definition) is 3. The fraction of sp³-hybridized carbons (Fsp3) is 0.0625. The summed E-state index contributed by atoms with van der Waals surface area (Å²) < 4.78 is 8.45. The van der Waals surface area contributed by atoms with E-state index in [9.17, 15) is 0 Å². The Kier molecular flexibility index (Phi) is 6.40. The molecule has 3 aromatic carbocycles. The van der Waals surface area contributed by atoms with Gasteiger partial charge in [-0.1, -0.05) is 66.2 Å². The third kappa shape index (κ3) is 5.25. The van der Waals surface area contributed by atoms with Crippen LogP contribution >= 0.6 is 11.6 Å². The molecule has 37 heavy (non-hydrogen) atoms. The molecule has 0 radical (unpaired) electrons. The van der Waals surface area contributed by atoms with Crippen LogP contribution in [0.25, 0.3) is 34.0 Å². The van der Waals surface area contributed by atoms with Crippen molar-refractivity contribution in [2.75, 3.05) is 0 Å². The van der Waals surface area contributed by atoms with Crippen LogP contribution in [0.15, 0.2) is 110 Å². The molecule has 3 heterocycles. The molecule has 0 saturated heterocycles. The number of fused-ring (bicyclic) bond motifs is 2. The number of aromatic nitrogens is 3. The van der Waals surface area contributed by atoms with Crippen molar-refractivity contribution in [1.29, 1.82) is 0 Å².